The summed E-state index contributed by atoms with van der Waals surface area (Å²) in [7, 11) is -0.186. The highest BCUT2D eigenvalue weighted by atomic mass is 32.2. The van der Waals surface area contributed by atoms with E-state index in [4.69, 9.17) is 4.28 Å². The van der Waals surface area contributed by atoms with Crippen molar-refractivity contribution in [1.82, 2.24) is 0 Å². The van der Waals surface area contributed by atoms with Gasteiger partial charge in [-0.3, -0.25) is 0 Å². The number of hydroxylamine groups is 3. The predicted octanol–water partition coefficient (Wildman–Crippen LogP) is 4.41. The predicted molar refractivity (Wildman–Crippen MR) is 105 cm³/mol. The lowest BCUT2D eigenvalue weighted by Gasteiger charge is -2.25. The topological polar surface area (TPSA) is 63.6 Å². The Morgan fingerprint density at radius 1 is 0.840 bits per heavy atom. The second-order valence-electron chi connectivity index (χ2n) is 7.83. The Morgan fingerprint density at radius 3 is 1.64 bits per heavy atom. The highest BCUT2D eigenvalue weighted by molar-refractivity contribution is 7.86. The van der Waals surface area contributed by atoms with Crippen LogP contribution >= 0.6 is 0 Å². The Hall–Kier alpha value is -0.170. The molecule has 0 aliphatic rings. The molecule has 1 atom stereocenters. The molecule has 0 aromatic carbocycles. The van der Waals surface area contributed by atoms with Crippen LogP contribution in [0.4, 0.5) is 0 Å². The van der Waals surface area contributed by atoms with Crippen molar-refractivity contribution in [3.8, 4) is 0 Å². The van der Waals surface area contributed by atoms with Crippen LogP contribution in [0.15, 0.2) is 0 Å². The second-order valence-corrected chi connectivity index (χ2v) is 9.43. The van der Waals surface area contributed by atoms with Gasteiger partial charge in [-0.2, -0.15) is 13.1 Å². The minimum absolute atomic E-state index is 0.00713. The molecular formula is C19H42NO4S+. The average molecular weight is 381 g/mol. The van der Waals surface area contributed by atoms with Crippen LogP contribution in [0, 0.1) is 0 Å². The molecule has 0 saturated carbocycles. The molecule has 0 aliphatic heterocycles. The summed E-state index contributed by atoms with van der Waals surface area (Å²) >= 11 is 0. The van der Waals surface area contributed by atoms with Crippen LogP contribution < -0.4 is 0 Å². The maximum Gasteiger partial charge on any atom is 0.316 e. The summed E-state index contributed by atoms with van der Waals surface area (Å²) in [6, 6.07) is 0. The monoisotopic (exact) mass is 380 g/mol. The van der Waals surface area contributed by atoms with Gasteiger partial charge in [-0.1, -0.05) is 75.4 Å². The fourth-order valence-electron chi connectivity index (χ4n) is 3.00. The van der Waals surface area contributed by atoms with Crippen LogP contribution in [-0.4, -0.2) is 50.7 Å². The summed E-state index contributed by atoms with van der Waals surface area (Å²) in [6.07, 6.45) is 14.5. The van der Waals surface area contributed by atoms with Gasteiger partial charge in [0, 0.05) is 0 Å². The highest BCUT2D eigenvalue weighted by Crippen LogP contribution is 2.14. The van der Waals surface area contributed by atoms with Crippen LogP contribution in [0.2, 0.25) is 0 Å². The van der Waals surface area contributed by atoms with Crippen LogP contribution in [-0.2, 0) is 14.4 Å². The fourth-order valence-corrected chi connectivity index (χ4v) is 4.35. The molecular weight excluding hydrogens is 338 g/mol. The van der Waals surface area contributed by atoms with Crippen molar-refractivity contribution in [1.29, 1.82) is 0 Å². The zero-order chi connectivity index (χ0) is 19.2. The Morgan fingerprint density at radius 2 is 1.24 bits per heavy atom. The molecule has 0 heterocycles. The number of hydrogen-bond donors (Lipinski definition) is 1. The molecule has 0 rings (SSSR count). The lowest BCUT2D eigenvalue weighted by Crippen LogP contribution is -2.43. The van der Waals surface area contributed by atoms with E-state index in [1.54, 1.807) is 14.1 Å². The van der Waals surface area contributed by atoms with E-state index in [1.165, 1.54) is 71.1 Å². The van der Waals surface area contributed by atoms with Gasteiger partial charge in [-0.15, -0.1) is 0 Å². The van der Waals surface area contributed by atoms with Gasteiger partial charge in [-0.25, -0.2) is 0 Å². The van der Waals surface area contributed by atoms with Crippen molar-refractivity contribution in [2.75, 3.05) is 26.4 Å². The van der Waals surface area contributed by atoms with E-state index in [1.807, 2.05) is 0 Å². The first kappa shape index (κ1) is 24.8. The molecule has 0 aromatic rings. The lowest BCUT2D eigenvalue weighted by atomic mass is 10.1. The van der Waals surface area contributed by atoms with E-state index in [9.17, 15) is 13.5 Å². The van der Waals surface area contributed by atoms with Gasteiger partial charge in [0.2, 0.25) is 0 Å². The van der Waals surface area contributed by atoms with Crippen molar-refractivity contribution in [2.45, 2.75) is 97.0 Å². The summed E-state index contributed by atoms with van der Waals surface area (Å²) in [4.78, 5) is 0. The van der Waals surface area contributed by atoms with Gasteiger partial charge < -0.3 is 5.11 Å². The molecule has 0 saturated heterocycles. The summed E-state index contributed by atoms with van der Waals surface area (Å²) in [6.45, 7) is 4.36. The van der Waals surface area contributed by atoms with E-state index >= 15 is 0 Å². The number of nitrogens with zero attached hydrogens (tertiary/aromatic N) is 1. The molecule has 6 heteroatoms. The molecule has 0 amide bonds. The molecule has 5 nitrogen and oxygen atoms in total. The SMILES string of the molecule is CCCCCCCCCCCCCC[N+](C)(C)OS(=O)(=O)CC(C)O. The fraction of sp³-hybridized carbons (Fsp3) is 1.00. The first-order chi connectivity index (χ1) is 11.7. The number of hydrogen-bond acceptors (Lipinski definition) is 4. The number of unbranched alkanes of at least 4 members (excludes halogenated alkanes) is 11. The van der Waals surface area contributed by atoms with Crippen molar-refractivity contribution >= 4 is 10.1 Å². The van der Waals surface area contributed by atoms with Gasteiger partial charge >= 0.3 is 10.1 Å². The summed E-state index contributed by atoms with van der Waals surface area (Å²) in [5, 5.41) is 9.21. The maximum atomic E-state index is 11.8. The Balaban J connectivity index is 3.60. The van der Waals surface area contributed by atoms with Gasteiger partial charge in [0.15, 0.2) is 0 Å². The first-order valence-electron chi connectivity index (χ1n) is 10.1. The third-order valence-electron chi connectivity index (χ3n) is 4.31. The molecule has 0 spiro atoms. The number of quaternary nitrogens is 1. The van der Waals surface area contributed by atoms with Crippen molar-refractivity contribution in [3.05, 3.63) is 0 Å². The Bertz CT molecular complexity index is 408. The third kappa shape index (κ3) is 17.0. The van der Waals surface area contributed by atoms with Gasteiger partial charge in [0.1, 0.15) is 12.3 Å². The number of aliphatic hydroxyl groups excluding tert-OH is 1. The number of aliphatic hydroxyl groups is 1. The zero-order valence-corrected chi connectivity index (χ0v) is 17.8. The second kappa shape index (κ2) is 14.0. The van der Waals surface area contributed by atoms with Crippen molar-refractivity contribution in [2.24, 2.45) is 0 Å². The largest absolute Gasteiger partial charge is 0.392 e. The molecule has 1 unspecified atom stereocenters. The molecule has 0 aromatic heterocycles. The Kier molecular flexibility index (Phi) is 13.9. The highest BCUT2D eigenvalue weighted by Gasteiger charge is 2.27. The van der Waals surface area contributed by atoms with Gasteiger partial charge in [0.05, 0.1) is 20.2 Å². The van der Waals surface area contributed by atoms with E-state index in [-0.39, 0.29) is 10.4 Å². The Labute approximate surface area is 156 Å². The lowest BCUT2D eigenvalue weighted by molar-refractivity contribution is -1.05. The van der Waals surface area contributed by atoms with Gasteiger partial charge in [-0.05, 0) is 19.8 Å². The molecule has 0 aliphatic carbocycles. The third-order valence-corrected chi connectivity index (χ3v) is 5.83. The average Bonchev–Trinajstić information content (AvgIpc) is 2.45. The molecule has 1 N–H and O–H groups in total. The molecule has 25 heavy (non-hydrogen) atoms. The standard InChI is InChI=1S/C19H42NO4S/c1-5-6-7-8-9-10-11-12-13-14-15-16-17-20(3,4)24-25(22,23)18-19(2)21/h19,21H,5-18H2,1-4H3/q+1. The number of rotatable bonds is 17. The normalized spacial score (nSPS) is 14.0. The van der Waals surface area contributed by atoms with Crippen molar-refractivity contribution < 1.29 is 22.5 Å². The minimum atomic E-state index is -3.68. The summed E-state index contributed by atoms with van der Waals surface area (Å²) in [5.41, 5.74) is 0. The van der Waals surface area contributed by atoms with E-state index in [0.717, 1.165) is 12.8 Å². The van der Waals surface area contributed by atoms with E-state index in [0.29, 0.717) is 6.54 Å². The quantitative estimate of drug-likeness (QED) is 0.231. The van der Waals surface area contributed by atoms with Crippen LogP contribution in [0.3, 0.4) is 0 Å². The summed E-state index contributed by atoms with van der Waals surface area (Å²) < 4.78 is 28.7. The minimum Gasteiger partial charge on any atom is -0.392 e. The van der Waals surface area contributed by atoms with Crippen molar-refractivity contribution in [3.63, 3.8) is 0 Å². The van der Waals surface area contributed by atoms with Crippen LogP contribution in [0.25, 0.3) is 0 Å². The first-order valence-corrected chi connectivity index (χ1v) is 11.7. The smallest absolute Gasteiger partial charge is 0.316 e. The maximum absolute atomic E-state index is 11.8. The van der Waals surface area contributed by atoms with E-state index < -0.39 is 16.2 Å². The molecule has 0 bridgehead atoms. The van der Waals surface area contributed by atoms with E-state index in [2.05, 4.69) is 6.92 Å². The van der Waals surface area contributed by atoms with Crippen LogP contribution in [0.5, 0.6) is 0 Å². The molecule has 0 fully saturated rings. The summed E-state index contributed by atoms with van der Waals surface area (Å²) in [5.74, 6) is -0.354. The van der Waals surface area contributed by atoms with Crippen LogP contribution in [0.1, 0.15) is 90.9 Å². The molecule has 0 radical (unpaired) electrons. The molecule has 152 valence electrons. The van der Waals surface area contributed by atoms with Gasteiger partial charge in [0.25, 0.3) is 0 Å². The zero-order valence-electron chi connectivity index (χ0n) is 17.0.